The van der Waals surface area contributed by atoms with Crippen LogP contribution in [0, 0.1) is 13.8 Å². The third kappa shape index (κ3) is 2.08. The van der Waals surface area contributed by atoms with Gasteiger partial charge in [-0.25, -0.2) is 0 Å². The molecule has 88 valence electrons. The first-order valence-electron chi connectivity index (χ1n) is 5.28. The molecule has 0 atom stereocenters. The van der Waals surface area contributed by atoms with Gasteiger partial charge in [0.05, 0.1) is 12.6 Å². The van der Waals surface area contributed by atoms with Crippen LogP contribution >= 0.6 is 12.2 Å². The fourth-order valence-electron chi connectivity index (χ4n) is 1.92. The molecule has 0 aliphatic heterocycles. The van der Waals surface area contributed by atoms with E-state index in [9.17, 15) is 0 Å². The monoisotopic (exact) mass is 246 g/mol. The second-order valence-electron chi connectivity index (χ2n) is 4.04. The molecule has 0 aliphatic carbocycles. The molecule has 2 aromatic rings. The Hall–Kier alpha value is -1.68. The molecule has 0 fully saturated rings. The molecule has 0 unspecified atom stereocenters. The Morgan fingerprint density at radius 2 is 2.00 bits per heavy atom. The number of nitrogens with zero attached hydrogens (tertiary/aromatic N) is 1. The Kier molecular flexibility index (Phi) is 2.98. The maximum atomic E-state index is 5.74. The molecule has 0 amide bonds. The van der Waals surface area contributed by atoms with Gasteiger partial charge in [-0.05, 0) is 31.5 Å². The van der Waals surface area contributed by atoms with Crippen molar-refractivity contribution in [2.24, 2.45) is 5.73 Å². The molecule has 17 heavy (non-hydrogen) atoms. The van der Waals surface area contributed by atoms with Crippen molar-refractivity contribution >= 4 is 28.1 Å². The van der Waals surface area contributed by atoms with Crippen LogP contribution in [0.15, 0.2) is 18.2 Å². The number of fused-ring (bicyclic) bond motifs is 1. The van der Waals surface area contributed by atoms with Gasteiger partial charge in [-0.15, -0.1) is 0 Å². The SMILES string of the molecule is COc1cc(C)nc2c(C(N)=S)cc(C)cc12. The van der Waals surface area contributed by atoms with Gasteiger partial charge >= 0.3 is 0 Å². The van der Waals surface area contributed by atoms with Gasteiger partial charge in [0, 0.05) is 22.7 Å². The average Bonchev–Trinajstić information content (AvgIpc) is 2.27. The van der Waals surface area contributed by atoms with Gasteiger partial charge < -0.3 is 10.5 Å². The maximum absolute atomic E-state index is 5.74. The van der Waals surface area contributed by atoms with E-state index in [0.29, 0.717) is 4.99 Å². The second kappa shape index (κ2) is 4.30. The molecule has 0 spiro atoms. The number of aromatic nitrogens is 1. The fraction of sp³-hybridized carbons (Fsp3) is 0.231. The predicted molar refractivity (Wildman–Crippen MR) is 73.7 cm³/mol. The van der Waals surface area contributed by atoms with Crippen LogP contribution < -0.4 is 10.5 Å². The minimum Gasteiger partial charge on any atom is -0.496 e. The Morgan fingerprint density at radius 3 is 2.59 bits per heavy atom. The van der Waals surface area contributed by atoms with E-state index >= 15 is 0 Å². The van der Waals surface area contributed by atoms with Crippen LogP contribution in [0.2, 0.25) is 0 Å². The number of benzene rings is 1. The number of hydrogen-bond acceptors (Lipinski definition) is 3. The van der Waals surface area contributed by atoms with Crippen LogP contribution in [0.25, 0.3) is 10.9 Å². The Balaban J connectivity index is 2.93. The largest absolute Gasteiger partial charge is 0.496 e. The van der Waals surface area contributed by atoms with Crippen molar-refractivity contribution in [3.8, 4) is 5.75 Å². The van der Waals surface area contributed by atoms with Crippen LogP contribution in [0.1, 0.15) is 16.8 Å². The summed E-state index contributed by atoms with van der Waals surface area (Å²) >= 11 is 5.07. The molecule has 0 aliphatic rings. The quantitative estimate of drug-likeness (QED) is 0.827. The highest BCUT2D eigenvalue weighted by Crippen LogP contribution is 2.28. The van der Waals surface area contributed by atoms with E-state index in [0.717, 1.165) is 33.5 Å². The predicted octanol–water partition coefficient (Wildman–Crippen LogP) is 2.49. The summed E-state index contributed by atoms with van der Waals surface area (Å²) < 4.78 is 5.37. The number of methoxy groups -OCH3 is 1. The molecule has 0 bridgehead atoms. The third-order valence-electron chi connectivity index (χ3n) is 2.63. The molecule has 1 aromatic carbocycles. The van der Waals surface area contributed by atoms with Crippen LogP contribution in [-0.4, -0.2) is 17.1 Å². The molecular formula is C13H14N2OS. The standard InChI is InChI=1S/C13H14N2OS/c1-7-4-9-11(16-3)6-8(2)15-12(9)10(5-7)13(14)17/h4-6H,1-3H3,(H2,14,17). The topological polar surface area (TPSA) is 48.1 Å². The van der Waals surface area contributed by atoms with Gasteiger partial charge in [-0.2, -0.15) is 0 Å². The highest BCUT2D eigenvalue weighted by molar-refractivity contribution is 7.80. The summed E-state index contributed by atoms with van der Waals surface area (Å²) in [5.74, 6) is 0.800. The van der Waals surface area contributed by atoms with E-state index in [2.05, 4.69) is 4.98 Å². The summed E-state index contributed by atoms with van der Waals surface area (Å²) in [6.07, 6.45) is 0. The molecule has 2 rings (SSSR count). The number of hydrogen-bond donors (Lipinski definition) is 1. The highest BCUT2D eigenvalue weighted by atomic mass is 32.1. The number of rotatable bonds is 2. The lowest BCUT2D eigenvalue weighted by atomic mass is 10.0. The summed E-state index contributed by atoms with van der Waals surface area (Å²) in [6.45, 7) is 3.92. The number of nitrogens with two attached hydrogens (primary N) is 1. The van der Waals surface area contributed by atoms with E-state index in [1.165, 1.54) is 0 Å². The minimum absolute atomic E-state index is 0.360. The molecule has 3 nitrogen and oxygen atoms in total. The maximum Gasteiger partial charge on any atom is 0.130 e. The van der Waals surface area contributed by atoms with Crippen molar-refractivity contribution in [1.29, 1.82) is 0 Å². The van der Waals surface area contributed by atoms with Crippen molar-refractivity contribution in [2.75, 3.05) is 7.11 Å². The zero-order valence-electron chi connectivity index (χ0n) is 10.1. The van der Waals surface area contributed by atoms with E-state index < -0.39 is 0 Å². The summed E-state index contributed by atoms with van der Waals surface area (Å²) in [6, 6.07) is 5.89. The van der Waals surface area contributed by atoms with E-state index in [1.54, 1.807) is 7.11 Å². The number of ether oxygens (including phenoxy) is 1. The lowest BCUT2D eigenvalue weighted by Crippen LogP contribution is -2.11. The van der Waals surface area contributed by atoms with E-state index in [4.69, 9.17) is 22.7 Å². The van der Waals surface area contributed by atoms with Gasteiger partial charge in [-0.1, -0.05) is 12.2 Å². The van der Waals surface area contributed by atoms with Gasteiger partial charge in [-0.3, -0.25) is 4.98 Å². The average molecular weight is 246 g/mol. The number of pyridine rings is 1. The summed E-state index contributed by atoms with van der Waals surface area (Å²) in [7, 11) is 1.65. The number of aryl methyl sites for hydroxylation is 2. The fourth-order valence-corrected chi connectivity index (χ4v) is 2.08. The van der Waals surface area contributed by atoms with Crippen LogP contribution in [0.3, 0.4) is 0 Å². The molecule has 2 N–H and O–H groups in total. The van der Waals surface area contributed by atoms with Crippen molar-refractivity contribution in [1.82, 2.24) is 4.98 Å². The van der Waals surface area contributed by atoms with Gasteiger partial charge in [0.2, 0.25) is 0 Å². The first-order valence-corrected chi connectivity index (χ1v) is 5.69. The van der Waals surface area contributed by atoms with Gasteiger partial charge in [0.15, 0.2) is 0 Å². The van der Waals surface area contributed by atoms with Gasteiger partial charge in [0.25, 0.3) is 0 Å². The van der Waals surface area contributed by atoms with Crippen molar-refractivity contribution < 1.29 is 4.74 Å². The van der Waals surface area contributed by atoms with Gasteiger partial charge in [0.1, 0.15) is 10.7 Å². The molecule has 1 aromatic heterocycles. The van der Waals surface area contributed by atoms with E-state index in [-0.39, 0.29) is 0 Å². The normalized spacial score (nSPS) is 10.5. The lowest BCUT2D eigenvalue weighted by molar-refractivity contribution is 0.419. The Bertz CT molecular complexity index is 608. The van der Waals surface area contributed by atoms with Crippen molar-refractivity contribution in [3.05, 3.63) is 35.0 Å². The second-order valence-corrected chi connectivity index (χ2v) is 4.48. The molecule has 1 heterocycles. The van der Waals surface area contributed by atoms with E-state index in [1.807, 2.05) is 32.0 Å². The number of thiocarbonyl (C=S) groups is 1. The summed E-state index contributed by atoms with van der Waals surface area (Å²) in [4.78, 5) is 4.86. The zero-order valence-corrected chi connectivity index (χ0v) is 10.9. The molecule has 0 saturated heterocycles. The Labute approximate surface area is 106 Å². The summed E-state index contributed by atoms with van der Waals surface area (Å²) in [5, 5.41) is 0.945. The molecule has 0 saturated carbocycles. The third-order valence-corrected chi connectivity index (χ3v) is 2.85. The first kappa shape index (κ1) is 11.8. The minimum atomic E-state index is 0.360. The molecular weight excluding hydrogens is 232 g/mol. The first-order chi connectivity index (χ1) is 8.02. The van der Waals surface area contributed by atoms with Crippen molar-refractivity contribution in [3.63, 3.8) is 0 Å². The van der Waals surface area contributed by atoms with Crippen LogP contribution in [0.4, 0.5) is 0 Å². The molecule has 0 radical (unpaired) electrons. The lowest BCUT2D eigenvalue weighted by Gasteiger charge is -2.11. The van der Waals surface area contributed by atoms with Crippen LogP contribution in [0.5, 0.6) is 5.75 Å². The highest BCUT2D eigenvalue weighted by Gasteiger charge is 2.11. The zero-order chi connectivity index (χ0) is 12.6. The van der Waals surface area contributed by atoms with Crippen molar-refractivity contribution in [2.45, 2.75) is 13.8 Å². The molecule has 4 heteroatoms. The summed E-state index contributed by atoms with van der Waals surface area (Å²) in [5.41, 5.74) is 9.32. The Morgan fingerprint density at radius 1 is 1.29 bits per heavy atom. The van der Waals surface area contributed by atoms with Crippen LogP contribution in [-0.2, 0) is 0 Å². The smallest absolute Gasteiger partial charge is 0.130 e.